The minimum atomic E-state index is 0.140. The van der Waals surface area contributed by atoms with Crippen molar-refractivity contribution in [1.82, 2.24) is 15.1 Å². The minimum absolute atomic E-state index is 0.140. The first-order valence-corrected chi connectivity index (χ1v) is 6.19. The predicted octanol–water partition coefficient (Wildman–Crippen LogP) is 2.26. The smallest absolute Gasteiger partial charge is 0.0710 e. The van der Waals surface area contributed by atoms with E-state index in [1.165, 1.54) is 17.7 Å². The van der Waals surface area contributed by atoms with Crippen molar-refractivity contribution in [2.45, 2.75) is 46.0 Å². The molecule has 1 rings (SSSR count). The molecule has 1 aromatic rings. The number of rotatable bonds is 5. The molecule has 0 fully saturated rings. The summed E-state index contributed by atoms with van der Waals surface area (Å²) in [6.45, 7) is 11.0. The predicted molar refractivity (Wildman–Crippen MR) is 68.8 cm³/mol. The maximum absolute atomic E-state index is 4.57. The van der Waals surface area contributed by atoms with Crippen LogP contribution < -0.4 is 5.32 Å². The van der Waals surface area contributed by atoms with Gasteiger partial charge in [-0.2, -0.15) is 5.10 Å². The highest BCUT2D eigenvalue weighted by atomic mass is 15.3. The number of aryl methyl sites for hydroxylation is 1. The molecule has 0 saturated carbocycles. The highest BCUT2D eigenvalue weighted by molar-refractivity contribution is 5.24. The van der Waals surface area contributed by atoms with E-state index in [1.54, 1.807) is 0 Å². The molecule has 0 aliphatic heterocycles. The maximum Gasteiger partial charge on any atom is 0.0710 e. The van der Waals surface area contributed by atoms with E-state index in [9.17, 15) is 0 Å². The minimum Gasteiger partial charge on any atom is -0.316 e. The Hall–Kier alpha value is -0.830. The molecule has 3 heteroatoms. The molecule has 0 atom stereocenters. The third-order valence-electron chi connectivity index (χ3n) is 2.61. The lowest BCUT2D eigenvalue weighted by atomic mass is 9.89. The van der Waals surface area contributed by atoms with Gasteiger partial charge < -0.3 is 5.32 Å². The molecule has 0 aliphatic rings. The number of nitrogens with zero attached hydrogens (tertiary/aromatic N) is 2. The topological polar surface area (TPSA) is 29.9 Å². The number of nitrogens with one attached hydrogen (secondary N) is 1. The molecule has 1 heterocycles. The van der Waals surface area contributed by atoms with Crippen LogP contribution >= 0.6 is 0 Å². The Morgan fingerprint density at radius 2 is 2.00 bits per heavy atom. The van der Waals surface area contributed by atoms with Crippen LogP contribution in [0.2, 0.25) is 0 Å². The molecule has 3 nitrogen and oxygen atoms in total. The molecule has 0 aromatic carbocycles. The van der Waals surface area contributed by atoms with E-state index in [-0.39, 0.29) is 5.41 Å². The summed E-state index contributed by atoms with van der Waals surface area (Å²) in [6, 6.07) is 0. The molecule has 16 heavy (non-hydrogen) atoms. The van der Waals surface area contributed by atoms with Crippen molar-refractivity contribution in [2.75, 3.05) is 13.1 Å². The van der Waals surface area contributed by atoms with Crippen LogP contribution in [0.1, 0.15) is 45.4 Å². The normalized spacial score (nSPS) is 12.1. The molecule has 0 spiro atoms. The van der Waals surface area contributed by atoms with Crippen LogP contribution in [0.5, 0.6) is 0 Å². The molecule has 0 bridgehead atoms. The maximum atomic E-state index is 4.57. The fourth-order valence-electron chi connectivity index (χ4n) is 1.88. The Kier molecular flexibility index (Phi) is 4.54. The van der Waals surface area contributed by atoms with Gasteiger partial charge in [-0.25, -0.2) is 0 Å². The van der Waals surface area contributed by atoms with Crippen LogP contribution in [-0.4, -0.2) is 22.9 Å². The lowest BCUT2D eigenvalue weighted by molar-refractivity contribution is 0.546. The molecular formula is C13H25N3. The van der Waals surface area contributed by atoms with Crippen molar-refractivity contribution >= 4 is 0 Å². The summed E-state index contributed by atoms with van der Waals surface area (Å²) in [6.07, 6.45) is 4.41. The van der Waals surface area contributed by atoms with E-state index < -0.39 is 0 Å². The second-order valence-electron chi connectivity index (χ2n) is 5.43. The SMILES string of the molecule is CCCNCCc1cn(C)nc1C(C)(C)C. The fourth-order valence-corrected chi connectivity index (χ4v) is 1.88. The highest BCUT2D eigenvalue weighted by Gasteiger charge is 2.21. The van der Waals surface area contributed by atoms with Crippen LogP contribution in [-0.2, 0) is 18.9 Å². The average Bonchev–Trinajstić information content (AvgIpc) is 2.54. The fraction of sp³-hybridized carbons (Fsp3) is 0.769. The van der Waals surface area contributed by atoms with Crippen molar-refractivity contribution in [3.63, 3.8) is 0 Å². The summed E-state index contributed by atoms with van der Waals surface area (Å²) in [5, 5.41) is 8.00. The standard InChI is InChI=1S/C13H25N3/c1-6-8-14-9-7-11-10-16(5)15-12(11)13(2,3)4/h10,14H,6-9H2,1-5H3. The zero-order chi connectivity index (χ0) is 12.2. The number of hydrogen-bond donors (Lipinski definition) is 1. The van der Waals surface area contributed by atoms with Crippen molar-refractivity contribution < 1.29 is 0 Å². The van der Waals surface area contributed by atoms with E-state index in [0.717, 1.165) is 19.5 Å². The largest absolute Gasteiger partial charge is 0.316 e. The Labute approximate surface area is 99.2 Å². The molecule has 0 radical (unpaired) electrons. The van der Waals surface area contributed by atoms with Crippen molar-refractivity contribution in [3.8, 4) is 0 Å². The van der Waals surface area contributed by atoms with E-state index in [2.05, 4.69) is 44.3 Å². The van der Waals surface area contributed by atoms with Crippen LogP contribution in [0.15, 0.2) is 6.20 Å². The van der Waals surface area contributed by atoms with Gasteiger partial charge in [0, 0.05) is 18.7 Å². The summed E-state index contributed by atoms with van der Waals surface area (Å²) in [7, 11) is 2.00. The first kappa shape index (κ1) is 13.2. The quantitative estimate of drug-likeness (QED) is 0.776. The summed E-state index contributed by atoms with van der Waals surface area (Å²) < 4.78 is 1.93. The van der Waals surface area contributed by atoms with Crippen LogP contribution in [0, 0.1) is 0 Å². The van der Waals surface area contributed by atoms with Crippen LogP contribution in [0.3, 0.4) is 0 Å². The van der Waals surface area contributed by atoms with Gasteiger partial charge in [-0.05, 0) is 31.5 Å². The van der Waals surface area contributed by atoms with E-state index >= 15 is 0 Å². The number of hydrogen-bond acceptors (Lipinski definition) is 2. The van der Waals surface area contributed by atoms with E-state index in [0.29, 0.717) is 0 Å². The van der Waals surface area contributed by atoms with Gasteiger partial charge in [-0.15, -0.1) is 0 Å². The summed E-state index contributed by atoms with van der Waals surface area (Å²) in [5.74, 6) is 0. The molecular weight excluding hydrogens is 198 g/mol. The second kappa shape index (κ2) is 5.48. The lowest BCUT2D eigenvalue weighted by Crippen LogP contribution is -2.20. The van der Waals surface area contributed by atoms with Gasteiger partial charge in [0.15, 0.2) is 0 Å². The first-order valence-electron chi connectivity index (χ1n) is 6.19. The molecule has 1 aromatic heterocycles. The van der Waals surface area contributed by atoms with Gasteiger partial charge in [-0.1, -0.05) is 27.7 Å². The third-order valence-corrected chi connectivity index (χ3v) is 2.61. The van der Waals surface area contributed by atoms with Gasteiger partial charge in [0.05, 0.1) is 5.69 Å². The average molecular weight is 223 g/mol. The second-order valence-corrected chi connectivity index (χ2v) is 5.43. The summed E-state index contributed by atoms with van der Waals surface area (Å²) in [5.41, 5.74) is 2.74. The van der Waals surface area contributed by atoms with Crippen molar-refractivity contribution in [3.05, 3.63) is 17.5 Å². The summed E-state index contributed by atoms with van der Waals surface area (Å²) in [4.78, 5) is 0. The van der Waals surface area contributed by atoms with Gasteiger partial charge >= 0.3 is 0 Å². The molecule has 0 saturated heterocycles. The molecule has 0 aliphatic carbocycles. The van der Waals surface area contributed by atoms with Gasteiger partial charge in [0.2, 0.25) is 0 Å². The van der Waals surface area contributed by atoms with Crippen molar-refractivity contribution in [2.24, 2.45) is 7.05 Å². The molecule has 92 valence electrons. The molecule has 0 unspecified atom stereocenters. The van der Waals surface area contributed by atoms with E-state index in [4.69, 9.17) is 0 Å². The Morgan fingerprint density at radius 1 is 1.31 bits per heavy atom. The van der Waals surface area contributed by atoms with E-state index in [1.807, 2.05) is 11.7 Å². The number of aromatic nitrogens is 2. The van der Waals surface area contributed by atoms with Gasteiger partial charge in [0.25, 0.3) is 0 Å². The molecule has 0 amide bonds. The summed E-state index contributed by atoms with van der Waals surface area (Å²) >= 11 is 0. The zero-order valence-electron chi connectivity index (χ0n) is 11.3. The Bertz CT molecular complexity index is 320. The highest BCUT2D eigenvalue weighted by Crippen LogP contribution is 2.24. The Balaban J connectivity index is 2.65. The van der Waals surface area contributed by atoms with Crippen molar-refractivity contribution in [1.29, 1.82) is 0 Å². The molecule has 1 N–H and O–H groups in total. The lowest BCUT2D eigenvalue weighted by Gasteiger charge is -2.17. The third kappa shape index (κ3) is 3.63. The Morgan fingerprint density at radius 3 is 2.56 bits per heavy atom. The monoisotopic (exact) mass is 223 g/mol. The van der Waals surface area contributed by atoms with Gasteiger partial charge in [0.1, 0.15) is 0 Å². The van der Waals surface area contributed by atoms with Crippen LogP contribution in [0.4, 0.5) is 0 Å². The van der Waals surface area contributed by atoms with Crippen LogP contribution in [0.25, 0.3) is 0 Å². The first-order chi connectivity index (χ1) is 7.45. The zero-order valence-corrected chi connectivity index (χ0v) is 11.3. The van der Waals surface area contributed by atoms with Gasteiger partial charge in [-0.3, -0.25) is 4.68 Å².